The van der Waals surface area contributed by atoms with Crippen molar-refractivity contribution < 1.29 is 4.92 Å². The minimum absolute atomic E-state index is 0.0512. The highest BCUT2D eigenvalue weighted by molar-refractivity contribution is 9.10. The molecule has 1 N–H and O–H groups in total. The second-order valence-corrected chi connectivity index (χ2v) is 5.20. The quantitative estimate of drug-likeness (QED) is 0.684. The van der Waals surface area contributed by atoms with Crippen LogP contribution in [0.4, 0.5) is 17.1 Å². The van der Waals surface area contributed by atoms with Gasteiger partial charge in [0.1, 0.15) is 0 Å². The first-order valence-corrected chi connectivity index (χ1v) is 6.52. The number of aromatic nitrogens is 2. The smallest absolute Gasteiger partial charge is 0.270 e. The second kappa shape index (κ2) is 5.40. The van der Waals surface area contributed by atoms with Crippen molar-refractivity contribution >= 4 is 33.0 Å². The maximum absolute atomic E-state index is 10.7. The van der Waals surface area contributed by atoms with Gasteiger partial charge in [-0.15, -0.1) is 0 Å². The van der Waals surface area contributed by atoms with E-state index in [-0.39, 0.29) is 11.7 Å². The molecule has 2 aromatic rings. The zero-order valence-electron chi connectivity index (χ0n) is 10.5. The van der Waals surface area contributed by atoms with E-state index in [1.54, 1.807) is 12.3 Å². The summed E-state index contributed by atoms with van der Waals surface area (Å²) in [6.07, 6.45) is 3.60. The highest BCUT2D eigenvalue weighted by Gasteiger charge is 2.10. The fraction of sp³-hybridized carbons (Fsp3) is 0.250. The third kappa shape index (κ3) is 3.11. The lowest BCUT2D eigenvalue weighted by molar-refractivity contribution is -0.384. The molecule has 0 bridgehead atoms. The summed E-state index contributed by atoms with van der Waals surface area (Å²) in [4.78, 5) is 10.2. The van der Waals surface area contributed by atoms with Crippen molar-refractivity contribution in [2.45, 2.75) is 19.9 Å². The molecule has 100 valence electrons. The Bertz CT molecular complexity index is 610. The van der Waals surface area contributed by atoms with E-state index in [1.807, 2.05) is 24.7 Å². The summed E-state index contributed by atoms with van der Waals surface area (Å²) < 4.78 is 2.47. The minimum Gasteiger partial charge on any atom is -0.352 e. The summed E-state index contributed by atoms with van der Waals surface area (Å²) in [5.41, 5.74) is 1.65. The third-order valence-electron chi connectivity index (χ3n) is 2.57. The first kappa shape index (κ1) is 13.5. The molecule has 1 aromatic heterocycles. The largest absolute Gasteiger partial charge is 0.352 e. The molecule has 0 radical (unpaired) electrons. The molecular weight excluding hydrogens is 312 g/mol. The molecule has 0 aliphatic rings. The van der Waals surface area contributed by atoms with Crippen LogP contribution >= 0.6 is 15.9 Å². The predicted molar refractivity (Wildman–Crippen MR) is 76.7 cm³/mol. The van der Waals surface area contributed by atoms with Gasteiger partial charge in [-0.2, -0.15) is 5.10 Å². The second-order valence-electron chi connectivity index (χ2n) is 4.35. The van der Waals surface area contributed by atoms with Crippen LogP contribution < -0.4 is 5.32 Å². The van der Waals surface area contributed by atoms with Gasteiger partial charge in [0.25, 0.3) is 5.69 Å². The Kier molecular flexibility index (Phi) is 3.84. The average molecular weight is 325 g/mol. The summed E-state index contributed by atoms with van der Waals surface area (Å²) >= 11 is 3.31. The van der Waals surface area contributed by atoms with E-state index >= 15 is 0 Å². The molecule has 0 aliphatic carbocycles. The third-order valence-corrected chi connectivity index (χ3v) is 3.23. The van der Waals surface area contributed by atoms with Gasteiger partial charge in [-0.3, -0.25) is 14.8 Å². The van der Waals surface area contributed by atoms with E-state index in [0.717, 1.165) is 11.4 Å². The molecule has 6 nitrogen and oxygen atoms in total. The first-order valence-electron chi connectivity index (χ1n) is 5.72. The van der Waals surface area contributed by atoms with Crippen LogP contribution in [0.25, 0.3) is 0 Å². The molecule has 0 saturated carbocycles. The fourth-order valence-corrected chi connectivity index (χ4v) is 2.03. The molecule has 2 rings (SSSR count). The lowest BCUT2D eigenvalue weighted by Gasteiger charge is -2.06. The highest BCUT2D eigenvalue weighted by Crippen LogP contribution is 2.29. The zero-order chi connectivity index (χ0) is 14.0. The average Bonchev–Trinajstić information content (AvgIpc) is 2.80. The zero-order valence-corrected chi connectivity index (χ0v) is 12.1. The van der Waals surface area contributed by atoms with Crippen LogP contribution in [0.5, 0.6) is 0 Å². The van der Waals surface area contributed by atoms with Crippen molar-refractivity contribution in [2.75, 3.05) is 5.32 Å². The number of halogens is 1. The number of anilines is 2. The van der Waals surface area contributed by atoms with Crippen molar-refractivity contribution in [3.63, 3.8) is 0 Å². The lowest BCUT2D eigenvalue weighted by atomic mass is 10.3. The molecule has 1 aromatic carbocycles. The van der Waals surface area contributed by atoms with Gasteiger partial charge in [-0.05, 0) is 35.8 Å². The standard InChI is InChI=1S/C12H13BrN4O2/c1-8(2)16-7-9(6-14-16)15-12-4-3-10(17(18)19)5-11(12)13/h3-8,15H,1-2H3. The van der Waals surface area contributed by atoms with E-state index in [4.69, 9.17) is 0 Å². The Morgan fingerprint density at radius 2 is 2.21 bits per heavy atom. The topological polar surface area (TPSA) is 73.0 Å². The maximum atomic E-state index is 10.7. The predicted octanol–water partition coefficient (Wildman–Crippen LogP) is 3.88. The maximum Gasteiger partial charge on any atom is 0.270 e. The molecule has 7 heteroatoms. The number of nitrogens with zero attached hydrogens (tertiary/aromatic N) is 3. The monoisotopic (exact) mass is 324 g/mol. The number of nitro benzene ring substituents is 1. The van der Waals surface area contributed by atoms with Gasteiger partial charge in [0, 0.05) is 28.8 Å². The molecule has 0 aliphatic heterocycles. The number of benzene rings is 1. The van der Waals surface area contributed by atoms with Gasteiger partial charge in [-0.1, -0.05) is 0 Å². The van der Waals surface area contributed by atoms with Crippen LogP contribution in [-0.2, 0) is 0 Å². The fourth-order valence-electron chi connectivity index (χ4n) is 1.56. The number of hydrogen-bond donors (Lipinski definition) is 1. The molecule has 0 amide bonds. The first-order chi connectivity index (χ1) is 8.97. The molecule has 19 heavy (non-hydrogen) atoms. The lowest BCUT2D eigenvalue weighted by Crippen LogP contribution is -2.00. The highest BCUT2D eigenvalue weighted by atomic mass is 79.9. The number of non-ortho nitro benzene ring substituents is 1. The summed E-state index contributed by atoms with van der Waals surface area (Å²) in [5, 5.41) is 18.0. The molecule has 0 fully saturated rings. The Hall–Kier alpha value is -1.89. The van der Waals surface area contributed by atoms with Gasteiger partial charge < -0.3 is 5.32 Å². The number of rotatable bonds is 4. The van der Waals surface area contributed by atoms with Crippen molar-refractivity contribution in [3.8, 4) is 0 Å². The van der Waals surface area contributed by atoms with Gasteiger partial charge in [0.2, 0.25) is 0 Å². The number of nitrogens with one attached hydrogen (secondary N) is 1. The Morgan fingerprint density at radius 1 is 1.47 bits per heavy atom. The van der Waals surface area contributed by atoms with Crippen LogP contribution in [-0.4, -0.2) is 14.7 Å². The van der Waals surface area contributed by atoms with Crippen molar-refractivity contribution in [2.24, 2.45) is 0 Å². The summed E-state index contributed by atoms with van der Waals surface area (Å²) in [5.74, 6) is 0. The molecule has 0 saturated heterocycles. The Balaban J connectivity index is 2.20. The normalized spacial score (nSPS) is 10.7. The van der Waals surface area contributed by atoms with Crippen LogP contribution in [0, 0.1) is 10.1 Å². The van der Waals surface area contributed by atoms with E-state index in [1.165, 1.54) is 12.1 Å². The van der Waals surface area contributed by atoms with Crippen LogP contribution in [0.1, 0.15) is 19.9 Å². The SMILES string of the molecule is CC(C)n1cc(Nc2ccc([N+](=O)[O-])cc2Br)cn1. The Labute approximate surface area is 118 Å². The van der Waals surface area contributed by atoms with Gasteiger partial charge in [0.15, 0.2) is 0 Å². The number of hydrogen-bond acceptors (Lipinski definition) is 4. The summed E-state index contributed by atoms with van der Waals surface area (Å²) in [7, 11) is 0. The Morgan fingerprint density at radius 3 is 2.74 bits per heavy atom. The van der Waals surface area contributed by atoms with Crippen molar-refractivity contribution in [3.05, 3.63) is 45.2 Å². The van der Waals surface area contributed by atoms with Crippen LogP contribution in [0.15, 0.2) is 35.1 Å². The van der Waals surface area contributed by atoms with Gasteiger partial charge in [-0.25, -0.2) is 0 Å². The summed E-state index contributed by atoms with van der Waals surface area (Å²) in [6, 6.07) is 4.88. The number of nitro groups is 1. The molecule has 0 spiro atoms. The van der Waals surface area contributed by atoms with Crippen LogP contribution in [0.2, 0.25) is 0 Å². The van der Waals surface area contributed by atoms with Crippen molar-refractivity contribution in [1.29, 1.82) is 0 Å². The minimum atomic E-state index is -0.425. The summed E-state index contributed by atoms with van der Waals surface area (Å²) in [6.45, 7) is 4.08. The molecule has 0 unspecified atom stereocenters. The van der Waals surface area contributed by atoms with E-state index in [9.17, 15) is 10.1 Å². The molecule has 0 atom stereocenters. The molecule has 1 heterocycles. The van der Waals surface area contributed by atoms with E-state index < -0.39 is 4.92 Å². The van der Waals surface area contributed by atoms with Crippen molar-refractivity contribution in [1.82, 2.24) is 9.78 Å². The van der Waals surface area contributed by atoms with Gasteiger partial charge >= 0.3 is 0 Å². The van der Waals surface area contributed by atoms with E-state index in [0.29, 0.717) is 4.47 Å². The van der Waals surface area contributed by atoms with E-state index in [2.05, 4.69) is 26.3 Å². The molecular formula is C12H13BrN4O2. The van der Waals surface area contributed by atoms with Crippen LogP contribution in [0.3, 0.4) is 0 Å². The van der Waals surface area contributed by atoms with Gasteiger partial charge in [0.05, 0.1) is 22.5 Å².